The van der Waals surface area contributed by atoms with Crippen molar-refractivity contribution in [1.29, 1.82) is 0 Å². The number of carbonyl (C=O) groups is 1. The van der Waals surface area contributed by atoms with E-state index >= 15 is 0 Å². The predicted octanol–water partition coefficient (Wildman–Crippen LogP) is 4.84. The molecule has 0 heterocycles. The molecule has 3 nitrogen and oxygen atoms in total. The summed E-state index contributed by atoms with van der Waals surface area (Å²) in [4.78, 5) is 12.8. The van der Waals surface area contributed by atoms with Gasteiger partial charge in [0.25, 0.3) is 0 Å². The van der Waals surface area contributed by atoms with Gasteiger partial charge in [-0.05, 0) is 0 Å². The molecule has 174 valence electrons. The summed E-state index contributed by atoms with van der Waals surface area (Å²) in [7, 11) is 0. The Morgan fingerprint density at radius 1 is 0.758 bits per heavy atom. The molecule has 4 rings (SSSR count). The molecule has 1 fully saturated rings. The van der Waals surface area contributed by atoms with E-state index in [1.54, 1.807) is 91.0 Å². The van der Waals surface area contributed by atoms with Crippen LogP contribution in [0.3, 0.4) is 0 Å². The number of aliphatic hydroxyl groups is 1. The topological polar surface area (TPSA) is 46.5 Å². The number of benzene rings is 3. The van der Waals surface area contributed by atoms with Crippen molar-refractivity contribution in [2.75, 3.05) is 0 Å². The van der Waals surface area contributed by atoms with E-state index in [-0.39, 0.29) is 0 Å². The van der Waals surface area contributed by atoms with Crippen molar-refractivity contribution in [2.24, 2.45) is 0 Å². The summed E-state index contributed by atoms with van der Waals surface area (Å²) < 4.78 is 47.5. The van der Waals surface area contributed by atoms with Crippen molar-refractivity contribution >= 4 is 28.7 Å². The van der Waals surface area contributed by atoms with Crippen molar-refractivity contribution in [3.63, 3.8) is 0 Å². The van der Waals surface area contributed by atoms with Crippen LogP contribution in [-0.4, -0.2) is 29.0 Å². The molecule has 1 N–H and O–H groups in total. The van der Waals surface area contributed by atoms with Crippen LogP contribution in [0.5, 0.6) is 0 Å². The quantitative estimate of drug-likeness (QED) is 0.539. The summed E-state index contributed by atoms with van der Waals surface area (Å²) in [6.45, 7) is -4.66. The van der Waals surface area contributed by atoms with Crippen LogP contribution < -0.4 is 15.9 Å². The third-order valence-electron chi connectivity index (χ3n) is 6.64. The van der Waals surface area contributed by atoms with E-state index < -0.39 is 30.7 Å². The number of halogens is 3. The molecule has 0 spiro atoms. The predicted molar refractivity (Wildman–Crippen MR) is 126 cm³/mol. The van der Waals surface area contributed by atoms with E-state index in [2.05, 4.69) is 0 Å². The minimum absolute atomic E-state index is 0.429. The van der Waals surface area contributed by atoms with Crippen LogP contribution in [0.2, 0.25) is 0 Å². The average molecular weight is 474 g/mol. The van der Waals surface area contributed by atoms with Gasteiger partial charge in [0, 0.05) is 0 Å². The van der Waals surface area contributed by atoms with Gasteiger partial charge in [0.1, 0.15) is 0 Å². The molecular formula is C26H26F3O3P. The standard InChI is InChI=1S/C26H26F3O3P/c27-26(28,29)25(31)32-33(20-12-4-1-5-13-20,21-14-6-2-7-15-21,22-16-8-3-9-17-22)24-19-11-10-18-23(24)30/h1-9,12-17,23-24,30H,10-11,18-19H2/t23-,24-/m0/s1. The normalized spacial score (nSPS) is 20.4. The van der Waals surface area contributed by atoms with E-state index in [9.17, 15) is 23.1 Å². The zero-order valence-electron chi connectivity index (χ0n) is 18.0. The molecule has 0 aliphatic heterocycles. The maximum absolute atomic E-state index is 13.8. The molecule has 7 heteroatoms. The molecule has 3 aromatic rings. The van der Waals surface area contributed by atoms with Crippen molar-refractivity contribution in [3.05, 3.63) is 91.0 Å². The Morgan fingerprint density at radius 2 is 1.15 bits per heavy atom. The number of hydrogen-bond acceptors (Lipinski definition) is 3. The number of rotatable bonds is 5. The van der Waals surface area contributed by atoms with Gasteiger partial charge in [-0.1, -0.05) is 0 Å². The number of alkyl halides is 3. The van der Waals surface area contributed by atoms with E-state index in [1.165, 1.54) is 0 Å². The molecule has 0 bridgehead atoms. The first-order valence-electron chi connectivity index (χ1n) is 11.0. The van der Waals surface area contributed by atoms with Gasteiger partial charge >= 0.3 is 191 Å². The van der Waals surface area contributed by atoms with Crippen LogP contribution in [0.4, 0.5) is 13.2 Å². The van der Waals surface area contributed by atoms with Crippen molar-refractivity contribution in [2.45, 2.75) is 43.6 Å². The molecule has 0 unspecified atom stereocenters. The van der Waals surface area contributed by atoms with Gasteiger partial charge in [0.05, 0.1) is 0 Å². The van der Waals surface area contributed by atoms with Gasteiger partial charge in [-0.15, -0.1) is 0 Å². The Hall–Kier alpha value is -2.69. The van der Waals surface area contributed by atoms with Gasteiger partial charge in [0.2, 0.25) is 0 Å². The van der Waals surface area contributed by atoms with E-state index in [1.807, 2.05) is 0 Å². The van der Waals surface area contributed by atoms with Crippen LogP contribution in [0.25, 0.3) is 0 Å². The van der Waals surface area contributed by atoms with Crippen molar-refractivity contribution in [1.82, 2.24) is 0 Å². The summed E-state index contributed by atoms with van der Waals surface area (Å²) in [6, 6.07) is 26.1. The fourth-order valence-electron chi connectivity index (χ4n) is 5.31. The summed E-state index contributed by atoms with van der Waals surface area (Å²) in [5.41, 5.74) is -0.719. The molecule has 0 amide bonds. The van der Waals surface area contributed by atoms with E-state index in [0.717, 1.165) is 12.8 Å². The second-order valence-electron chi connectivity index (χ2n) is 8.40. The summed E-state index contributed by atoms with van der Waals surface area (Å²) in [5.74, 6) is -2.24. The fraction of sp³-hybridized carbons (Fsp3) is 0.269. The van der Waals surface area contributed by atoms with Gasteiger partial charge in [-0.3, -0.25) is 0 Å². The number of aliphatic hydroxyl groups excluding tert-OH is 1. The Kier molecular flexibility index (Phi) is 6.35. The molecule has 0 aromatic heterocycles. The van der Waals surface area contributed by atoms with Crippen LogP contribution >= 0.6 is 6.83 Å². The summed E-state index contributed by atoms with van der Waals surface area (Å²) in [5, 5.41) is 12.8. The van der Waals surface area contributed by atoms with Gasteiger partial charge in [-0.25, -0.2) is 0 Å². The first-order valence-corrected chi connectivity index (χ1v) is 13.2. The molecule has 2 atom stereocenters. The zero-order valence-corrected chi connectivity index (χ0v) is 18.9. The minimum atomic E-state index is -5.19. The Balaban J connectivity index is 2.22. The second-order valence-corrected chi connectivity index (χ2v) is 13.0. The van der Waals surface area contributed by atoms with E-state index in [4.69, 9.17) is 4.52 Å². The van der Waals surface area contributed by atoms with E-state index in [0.29, 0.717) is 28.8 Å². The SMILES string of the molecule is O=C(OP(c1ccccc1)(c1ccccc1)(c1ccccc1)[C@H]1CCCC[C@@H]1O)C(F)(F)F. The second kappa shape index (κ2) is 8.92. The molecule has 33 heavy (non-hydrogen) atoms. The number of carbonyl (C=O) groups excluding carboxylic acids is 1. The molecule has 0 radical (unpaired) electrons. The monoisotopic (exact) mass is 474 g/mol. The van der Waals surface area contributed by atoms with Gasteiger partial charge in [-0.2, -0.15) is 0 Å². The Morgan fingerprint density at radius 3 is 1.52 bits per heavy atom. The maximum atomic E-state index is 13.8. The molecule has 0 saturated heterocycles. The van der Waals surface area contributed by atoms with Crippen LogP contribution in [0.15, 0.2) is 91.0 Å². The summed E-state index contributed by atoms with van der Waals surface area (Å²) >= 11 is 0. The van der Waals surface area contributed by atoms with Gasteiger partial charge in [0.15, 0.2) is 0 Å². The fourth-order valence-corrected chi connectivity index (χ4v) is 12.0. The van der Waals surface area contributed by atoms with Crippen LogP contribution in [0.1, 0.15) is 25.7 Å². The third-order valence-corrected chi connectivity index (χ3v) is 13.0. The third kappa shape index (κ3) is 3.75. The van der Waals surface area contributed by atoms with Crippen LogP contribution in [-0.2, 0) is 9.32 Å². The van der Waals surface area contributed by atoms with Crippen LogP contribution in [0, 0.1) is 0 Å². The number of hydrogen-bond donors (Lipinski definition) is 1. The molecular weight excluding hydrogens is 448 g/mol. The molecule has 1 aliphatic rings. The molecule has 1 saturated carbocycles. The first kappa shape index (κ1) is 23.5. The Bertz CT molecular complexity index is 989. The summed E-state index contributed by atoms with van der Waals surface area (Å²) in [6.07, 6.45) is -3.79. The van der Waals surface area contributed by atoms with Crippen molar-refractivity contribution < 1.29 is 27.6 Å². The van der Waals surface area contributed by atoms with Gasteiger partial charge < -0.3 is 0 Å². The first-order chi connectivity index (χ1) is 15.8. The molecule has 1 aliphatic carbocycles. The van der Waals surface area contributed by atoms with Crippen molar-refractivity contribution in [3.8, 4) is 0 Å². The average Bonchev–Trinajstić information content (AvgIpc) is 2.84. The molecule has 3 aromatic carbocycles. The zero-order chi connectivity index (χ0) is 23.6. The Labute approximate surface area is 191 Å².